The van der Waals surface area contributed by atoms with Crippen LogP contribution in [0.2, 0.25) is 0 Å². The van der Waals surface area contributed by atoms with Crippen LogP contribution in [-0.4, -0.2) is 31.1 Å². The number of rotatable bonds is 2. The first kappa shape index (κ1) is 13.8. The zero-order valence-corrected chi connectivity index (χ0v) is 10.3. The SMILES string of the molecule is CC1CNC(C(=O)Nc2cc(F)cc(F)c2F)CN1. The van der Waals surface area contributed by atoms with Crippen molar-refractivity contribution >= 4 is 11.6 Å². The molecule has 2 rings (SSSR count). The molecular weight excluding hydrogens is 259 g/mol. The summed E-state index contributed by atoms with van der Waals surface area (Å²) in [6, 6.07) is 0.830. The van der Waals surface area contributed by atoms with Gasteiger partial charge in [-0.1, -0.05) is 0 Å². The fraction of sp³-hybridized carbons (Fsp3) is 0.417. The summed E-state index contributed by atoms with van der Waals surface area (Å²) in [6.07, 6.45) is 0. The number of hydrogen-bond donors (Lipinski definition) is 3. The lowest BCUT2D eigenvalue weighted by molar-refractivity contribution is -0.118. The van der Waals surface area contributed by atoms with E-state index in [0.29, 0.717) is 19.2 Å². The Balaban J connectivity index is 2.07. The molecule has 1 aromatic rings. The summed E-state index contributed by atoms with van der Waals surface area (Å²) >= 11 is 0. The summed E-state index contributed by atoms with van der Waals surface area (Å²) in [6.45, 7) is 2.90. The van der Waals surface area contributed by atoms with Crippen molar-refractivity contribution in [2.75, 3.05) is 18.4 Å². The summed E-state index contributed by atoms with van der Waals surface area (Å²) in [5, 5.41) is 8.20. The zero-order chi connectivity index (χ0) is 14.0. The lowest BCUT2D eigenvalue weighted by atomic mass is 10.1. The van der Waals surface area contributed by atoms with Crippen LogP contribution in [0.25, 0.3) is 0 Å². The van der Waals surface area contributed by atoms with Crippen molar-refractivity contribution in [3.05, 3.63) is 29.6 Å². The highest BCUT2D eigenvalue weighted by molar-refractivity contribution is 5.95. The lowest BCUT2D eigenvalue weighted by Crippen LogP contribution is -2.57. The average molecular weight is 273 g/mol. The number of nitrogens with one attached hydrogen (secondary N) is 3. The van der Waals surface area contributed by atoms with Crippen molar-refractivity contribution in [3.63, 3.8) is 0 Å². The van der Waals surface area contributed by atoms with Crippen LogP contribution in [0, 0.1) is 17.5 Å². The third kappa shape index (κ3) is 3.24. The molecule has 0 radical (unpaired) electrons. The summed E-state index contributed by atoms with van der Waals surface area (Å²) in [5.74, 6) is -4.09. The van der Waals surface area contributed by atoms with Crippen LogP contribution in [0.5, 0.6) is 0 Å². The first-order valence-electron chi connectivity index (χ1n) is 5.89. The molecule has 104 valence electrons. The average Bonchev–Trinajstić information content (AvgIpc) is 2.36. The van der Waals surface area contributed by atoms with E-state index in [1.165, 1.54) is 0 Å². The topological polar surface area (TPSA) is 53.2 Å². The predicted molar refractivity (Wildman–Crippen MR) is 64.2 cm³/mol. The number of carbonyl (C=O) groups excluding carboxylic acids is 1. The van der Waals surface area contributed by atoms with Crippen molar-refractivity contribution in [3.8, 4) is 0 Å². The molecular formula is C12H14F3N3O. The summed E-state index contributed by atoms with van der Waals surface area (Å²) in [5.41, 5.74) is -0.497. The Kier molecular flexibility index (Phi) is 4.06. The van der Waals surface area contributed by atoms with Crippen LogP contribution in [0.3, 0.4) is 0 Å². The Labute approximate surface area is 108 Å². The van der Waals surface area contributed by atoms with Gasteiger partial charge in [0.1, 0.15) is 5.82 Å². The van der Waals surface area contributed by atoms with Gasteiger partial charge in [0, 0.05) is 31.3 Å². The van der Waals surface area contributed by atoms with Gasteiger partial charge in [-0.2, -0.15) is 0 Å². The minimum atomic E-state index is -1.33. The van der Waals surface area contributed by atoms with Crippen LogP contribution in [-0.2, 0) is 4.79 Å². The van der Waals surface area contributed by atoms with E-state index in [1.54, 1.807) is 0 Å². The third-order valence-corrected chi connectivity index (χ3v) is 2.91. The first-order chi connectivity index (χ1) is 8.97. The van der Waals surface area contributed by atoms with Gasteiger partial charge in [0.15, 0.2) is 11.6 Å². The Morgan fingerprint density at radius 1 is 1.26 bits per heavy atom. The van der Waals surface area contributed by atoms with E-state index >= 15 is 0 Å². The van der Waals surface area contributed by atoms with E-state index in [1.807, 2.05) is 6.92 Å². The maximum atomic E-state index is 13.4. The van der Waals surface area contributed by atoms with E-state index in [-0.39, 0.29) is 6.04 Å². The van der Waals surface area contributed by atoms with E-state index in [9.17, 15) is 18.0 Å². The molecule has 0 bridgehead atoms. The molecule has 3 N–H and O–H groups in total. The van der Waals surface area contributed by atoms with E-state index in [2.05, 4.69) is 16.0 Å². The van der Waals surface area contributed by atoms with E-state index < -0.39 is 35.1 Å². The second kappa shape index (κ2) is 5.58. The molecule has 1 aromatic carbocycles. The van der Waals surface area contributed by atoms with Crippen LogP contribution in [0.15, 0.2) is 12.1 Å². The highest BCUT2D eigenvalue weighted by atomic mass is 19.2. The number of anilines is 1. The van der Waals surface area contributed by atoms with Crippen molar-refractivity contribution in [2.45, 2.75) is 19.0 Å². The minimum Gasteiger partial charge on any atom is -0.322 e. The van der Waals surface area contributed by atoms with Crippen LogP contribution >= 0.6 is 0 Å². The van der Waals surface area contributed by atoms with Gasteiger partial charge >= 0.3 is 0 Å². The van der Waals surface area contributed by atoms with Gasteiger partial charge in [0.2, 0.25) is 5.91 Å². The molecule has 0 aliphatic carbocycles. The summed E-state index contributed by atoms with van der Waals surface area (Å²) in [7, 11) is 0. The summed E-state index contributed by atoms with van der Waals surface area (Å²) in [4.78, 5) is 11.8. The van der Waals surface area contributed by atoms with Crippen molar-refractivity contribution < 1.29 is 18.0 Å². The summed E-state index contributed by atoms with van der Waals surface area (Å²) < 4.78 is 39.3. The number of halogens is 3. The predicted octanol–water partition coefficient (Wildman–Crippen LogP) is 0.992. The first-order valence-corrected chi connectivity index (χ1v) is 5.89. The quantitative estimate of drug-likeness (QED) is 0.704. The molecule has 4 nitrogen and oxygen atoms in total. The maximum Gasteiger partial charge on any atom is 0.242 e. The molecule has 1 amide bonds. The van der Waals surface area contributed by atoms with Crippen LogP contribution in [0.1, 0.15) is 6.92 Å². The van der Waals surface area contributed by atoms with Gasteiger partial charge in [0.25, 0.3) is 0 Å². The van der Waals surface area contributed by atoms with Crippen molar-refractivity contribution in [1.82, 2.24) is 10.6 Å². The van der Waals surface area contributed by atoms with Gasteiger partial charge in [-0.25, -0.2) is 13.2 Å². The molecule has 7 heteroatoms. The Hall–Kier alpha value is -1.60. The highest BCUT2D eigenvalue weighted by Gasteiger charge is 2.24. The second-order valence-electron chi connectivity index (χ2n) is 4.51. The normalized spacial score (nSPS) is 23.2. The van der Waals surface area contributed by atoms with Gasteiger partial charge in [0.05, 0.1) is 11.7 Å². The molecule has 2 atom stereocenters. The number of amides is 1. The second-order valence-corrected chi connectivity index (χ2v) is 4.51. The van der Waals surface area contributed by atoms with Crippen molar-refractivity contribution in [1.29, 1.82) is 0 Å². The van der Waals surface area contributed by atoms with Gasteiger partial charge < -0.3 is 16.0 Å². The standard InChI is InChI=1S/C12H14F3N3O/c1-6-4-17-10(5-16-6)12(19)18-9-3-7(13)2-8(14)11(9)15/h2-3,6,10,16-17H,4-5H2,1H3,(H,18,19). The van der Waals surface area contributed by atoms with E-state index in [4.69, 9.17) is 0 Å². The minimum absolute atomic E-state index is 0.229. The molecule has 1 saturated heterocycles. The molecule has 2 unspecified atom stereocenters. The van der Waals surface area contributed by atoms with Gasteiger partial charge in [-0.15, -0.1) is 0 Å². The monoisotopic (exact) mass is 273 g/mol. The maximum absolute atomic E-state index is 13.4. The smallest absolute Gasteiger partial charge is 0.242 e. The molecule has 19 heavy (non-hydrogen) atoms. The van der Waals surface area contributed by atoms with Crippen LogP contribution < -0.4 is 16.0 Å². The fourth-order valence-corrected chi connectivity index (χ4v) is 1.83. The number of piperazine rings is 1. The Morgan fingerprint density at radius 3 is 2.63 bits per heavy atom. The zero-order valence-electron chi connectivity index (χ0n) is 10.3. The number of carbonyl (C=O) groups is 1. The molecule has 1 fully saturated rings. The number of hydrogen-bond acceptors (Lipinski definition) is 3. The Morgan fingerprint density at radius 2 is 2.00 bits per heavy atom. The molecule has 1 heterocycles. The van der Waals surface area contributed by atoms with Gasteiger partial charge in [-0.3, -0.25) is 4.79 Å². The largest absolute Gasteiger partial charge is 0.322 e. The molecule has 0 spiro atoms. The lowest BCUT2D eigenvalue weighted by Gasteiger charge is -2.28. The molecule has 1 aliphatic heterocycles. The molecule has 0 aromatic heterocycles. The molecule has 1 aliphatic rings. The fourth-order valence-electron chi connectivity index (χ4n) is 1.83. The highest BCUT2D eigenvalue weighted by Crippen LogP contribution is 2.19. The van der Waals surface area contributed by atoms with Crippen molar-refractivity contribution in [2.24, 2.45) is 0 Å². The molecule has 0 saturated carbocycles. The number of benzene rings is 1. The van der Waals surface area contributed by atoms with E-state index in [0.717, 1.165) is 6.07 Å². The van der Waals surface area contributed by atoms with Crippen LogP contribution in [0.4, 0.5) is 18.9 Å². The Bertz CT molecular complexity index is 487. The third-order valence-electron chi connectivity index (χ3n) is 2.91. The van der Waals surface area contributed by atoms with Gasteiger partial charge in [-0.05, 0) is 6.92 Å².